The molecule has 28 heavy (non-hydrogen) atoms. The first-order chi connectivity index (χ1) is 13.7. The zero-order valence-electron chi connectivity index (χ0n) is 14.9. The first kappa shape index (κ1) is 17.1. The van der Waals surface area contributed by atoms with E-state index in [2.05, 4.69) is 15.0 Å². The van der Waals surface area contributed by atoms with Crippen molar-refractivity contribution in [3.8, 4) is 0 Å². The van der Waals surface area contributed by atoms with E-state index in [1.807, 2.05) is 5.38 Å². The molecule has 1 amide bonds. The molecule has 0 unspecified atom stereocenters. The molecule has 6 nitrogen and oxygen atoms in total. The van der Waals surface area contributed by atoms with Crippen LogP contribution in [0.1, 0.15) is 34.6 Å². The van der Waals surface area contributed by atoms with Crippen molar-refractivity contribution in [1.29, 1.82) is 0 Å². The Morgan fingerprint density at radius 2 is 2.32 bits per heavy atom. The number of hydrogen-bond donors (Lipinski definition) is 1. The summed E-state index contributed by atoms with van der Waals surface area (Å²) in [6.07, 6.45) is 5.03. The molecular formula is C20H17FN4O2S. The van der Waals surface area contributed by atoms with Crippen molar-refractivity contribution >= 4 is 28.2 Å². The van der Waals surface area contributed by atoms with E-state index in [9.17, 15) is 9.18 Å². The van der Waals surface area contributed by atoms with Gasteiger partial charge in [-0.05, 0) is 18.2 Å². The highest BCUT2D eigenvalue weighted by molar-refractivity contribution is 7.09. The molecular weight excluding hydrogens is 379 g/mol. The molecule has 0 spiro atoms. The summed E-state index contributed by atoms with van der Waals surface area (Å²) in [6.45, 7) is 0.552. The molecule has 1 N–H and O–H groups in total. The van der Waals surface area contributed by atoms with Crippen LogP contribution in [0.3, 0.4) is 0 Å². The Morgan fingerprint density at radius 3 is 3.14 bits per heavy atom. The highest BCUT2D eigenvalue weighted by atomic mass is 32.1. The highest BCUT2D eigenvalue weighted by Crippen LogP contribution is 2.37. The lowest BCUT2D eigenvalue weighted by molar-refractivity contribution is -0.133. The second-order valence-corrected chi connectivity index (χ2v) is 7.71. The first-order valence-electron chi connectivity index (χ1n) is 9.08. The lowest BCUT2D eigenvalue weighted by Gasteiger charge is -2.33. The summed E-state index contributed by atoms with van der Waals surface area (Å²) in [5, 5.41) is 3.26. The third-order valence-corrected chi connectivity index (χ3v) is 5.92. The van der Waals surface area contributed by atoms with Crippen LogP contribution in [0.25, 0.3) is 11.0 Å². The maximum Gasteiger partial charge on any atom is 0.223 e. The lowest BCUT2D eigenvalue weighted by Crippen LogP contribution is -2.40. The maximum absolute atomic E-state index is 14.2. The Bertz CT molecular complexity index is 1130. The van der Waals surface area contributed by atoms with Gasteiger partial charge in [0.05, 0.1) is 22.4 Å². The summed E-state index contributed by atoms with van der Waals surface area (Å²) in [4.78, 5) is 26.7. The Morgan fingerprint density at radius 1 is 1.39 bits per heavy atom. The number of aromatic nitrogens is 3. The van der Waals surface area contributed by atoms with E-state index in [1.165, 1.54) is 6.07 Å². The van der Waals surface area contributed by atoms with E-state index < -0.39 is 6.04 Å². The van der Waals surface area contributed by atoms with E-state index in [0.29, 0.717) is 42.5 Å². The number of carbonyl (C=O) groups is 1. The Balaban J connectivity index is 1.50. The van der Waals surface area contributed by atoms with Crippen molar-refractivity contribution in [3.05, 3.63) is 70.1 Å². The average Bonchev–Trinajstić information content (AvgIpc) is 3.45. The van der Waals surface area contributed by atoms with Crippen molar-refractivity contribution in [2.24, 2.45) is 0 Å². The van der Waals surface area contributed by atoms with Crippen molar-refractivity contribution in [2.75, 3.05) is 6.54 Å². The second-order valence-electron chi connectivity index (χ2n) is 6.73. The number of carbonyl (C=O) groups excluding carboxylic acids is 1. The number of hydrogen-bond acceptors (Lipinski definition) is 5. The van der Waals surface area contributed by atoms with Crippen LogP contribution in [-0.2, 0) is 17.6 Å². The van der Waals surface area contributed by atoms with Gasteiger partial charge in [0.15, 0.2) is 0 Å². The molecule has 4 aromatic rings. The van der Waals surface area contributed by atoms with Gasteiger partial charge in [-0.15, -0.1) is 11.3 Å². The van der Waals surface area contributed by atoms with E-state index >= 15 is 0 Å². The summed E-state index contributed by atoms with van der Waals surface area (Å²) in [6, 6.07) is 5.96. The van der Waals surface area contributed by atoms with Crippen LogP contribution >= 0.6 is 11.3 Å². The number of imidazole rings is 1. The number of aromatic amines is 1. The first-order valence-corrected chi connectivity index (χ1v) is 9.96. The van der Waals surface area contributed by atoms with Crippen LogP contribution < -0.4 is 0 Å². The number of rotatable bonds is 4. The normalized spacial score (nSPS) is 16.5. The van der Waals surface area contributed by atoms with Crippen molar-refractivity contribution in [2.45, 2.75) is 25.3 Å². The van der Waals surface area contributed by atoms with Crippen LogP contribution in [-0.4, -0.2) is 32.3 Å². The number of amides is 1. The smallest absolute Gasteiger partial charge is 0.223 e. The zero-order valence-corrected chi connectivity index (χ0v) is 15.7. The summed E-state index contributed by atoms with van der Waals surface area (Å²) in [7, 11) is 0. The fraction of sp³-hybridized carbons (Fsp3) is 0.250. The van der Waals surface area contributed by atoms with E-state index in [-0.39, 0.29) is 11.7 Å². The molecule has 0 aliphatic carbocycles. The van der Waals surface area contributed by atoms with Crippen molar-refractivity contribution in [1.82, 2.24) is 19.9 Å². The number of fused-ring (bicyclic) bond motifs is 2. The molecule has 1 aliphatic rings. The van der Waals surface area contributed by atoms with Crippen LogP contribution in [0.5, 0.6) is 0 Å². The Hall–Kier alpha value is -3.00. The van der Waals surface area contributed by atoms with Gasteiger partial charge in [-0.1, -0.05) is 6.07 Å². The topological polar surface area (TPSA) is 75.0 Å². The number of nitrogens with zero attached hydrogens (tertiary/aromatic N) is 3. The third-order valence-electron chi connectivity index (χ3n) is 5.08. The number of halogens is 1. The average molecular weight is 396 g/mol. The summed E-state index contributed by atoms with van der Waals surface area (Å²) < 4.78 is 20.1. The molecule has 8 heteroatoms. The number of H-pyrrole nitrogens is 1. The van der Waals surface area contributed by atoms with Gasteiger partial charge < -0.3 is 14.3 Å². The fourth-order valence-corrected chi connectivity index (χ4v) is 4.37. The minimum atomic E-state index is -0.467. The van der Waals surface area contributed by atoms with Crippen LogP contribution in [0, 0.1) is 5.82 Å². The maximum atomic E-state index is 14.2. The number of benzene rings is 1. The Kier molecular flexibility index (Phi) is 4.20. The van der Waals surface area contributed by atoms with Crippen LogP contribution in [0.4, 0.5) is 4.39 Å². The SMILES string of the molecule is O=C(CCc1nccs1)N1CCc2[nH]cnc2[C@H]1c1cc2c(F)cccc2o1. The molecule has 1 aromatic carbocycles. The molecule has 0 fully saturated rings. The van der Waals surface area contributed by atoms with Gasteiger partial charge in [-0.25, -0.2) is 14.4 Å². The van der Waals surface area contributed by atoms with E-state index in [4.69, 9.17) is 4.42 Å². The van der Waals surface area contributed by atoms with Crippen molar-refractivity contribution < 1.29 is 13.6 Å². The molecule has 0 saturated heterocycles. The fourth-order valence-electron chi connectivity index (χ4n) is 3.75. The summed E-state index contributed by atoms with van der Waals surface area (Å²) in [5.41, 5.74) is 2.20. The molecule has 3 aromatic heterocycles. The van der Waals surface area contributed by atoms with Gasteiger partial charge in [0.25, 0.3) is 0 Å². The molecule has 1 atom stereocenters. The van der Waals surface area contributed by atoms with Gasteiger partial charge in [-0.2, -0.15) is 0 Å². The van der Waals surface area contributed by atoms with Gasteiger partial charge in [0.2, 0.25) is 5.91 Å². The van der Waals surface area contributed by atoms with Gasteiger partial charge in [0.1, 0.15) is 23.2 Å². The van der Waals surface area contributed by atoms with Crippen LogP contribution in [0.15, 0.2) is 46.6 Å². The number of nitrogens with one attached hydrogen (secondary N) is 1. The number of aryl methyl sites for hydroxylation is 1. The van der Waals surface area contributed by atoms with Gasteiger partial charge in [0, 0.05) is 43.1 Å². The quantitative estimate of drug-likeness (QED) is 0.568. The predicted molar refractivity (Wildman–Crippen MR) is 102 cm³/mol. The predicted octanol–water partition coefficient (Wildman–Crippen LogP) is 3.86. The van der Waals surface area contributed by atoms with E-state index in [0.717, 1.165) is 16.4 Å². The Labute approximate surface area is 164 Å². The zero-order chi connectivity index (χ0) is 19.1. The molecule has 0 saturated carbocycles. The summed E-state index contributed by atoms with van der Waals surface area (Å²) >= 11 is 1.54. The van der Waals surface area contributed by atoms with Gasteiger partial charge >= 0.3 is 0 Å². The van der Waals surface area contributed by atoms with Crippen LogP contribution in [0.2, 0.25) is 0 Å². The molecule has 142 valence electrons. The van der Waals surface area contributed by atoms with Gasteiger partial charge in [-0.3, -0.25) is 4.79 Å². The minimum Gasteiger partial charge on any atom is -0.458 e. The third kappa shape index (κ3) is 2.90. The van der Waals surface area contributed by atoms with Crippen molar-refractivity contribution in [3.63, 3.8) is 0 Å². The number of thiazole rings is 1. The molecule has 0 bridgehead atoms. The molecule has 4 heterocycles. The second kappa shape index (κ2) is 6.87. The minimum absolute atomic E-state index is 0.00905. The molecule has 1 aliphatic heterocycles. The number of furan rings is 1. The molecule has 0 radical (unpaired) electrons. The monoisotopic (exact) mass is 396 g/mol. The molecule has 5 rings (SSSR count). The lowest BCUT2D eigenvalue weighted by atomic mass is 9.99. The largest absolute Gasteiger partial charge is 0.458 e. The standard InChI is InChI=1S/C20H17FN4O2S/c21-13-2-1-3-15-12(13)10-16(27-15)20-19-14(23-11-24-19)6-8-25(20)18(26)5-4-17-22-7-9-28-17/h1-3,7,9-11,20H,4-6,8H2,(H,23,24)/t20-/m1/s1. The highest BCUT2D eigenvalue weighted by Gasteiger charge is 2.36. The summed E-state index contributed by atoms with van der Waals surface area (Å²) in [5.74, 6) is 0.192. The van der Waals surface area contributed by atoms with E-state index in [1.54, 1.807) is 47.0 Å².